The second kappa shape index (κ2) is 8.75. The van der Waals surface area contributed by atoms with Crippen LogP contribution in [-0.2, 0) is 5.41 Å². The number of hydrogen-bond donors (Lipinski definition) is 0. The van der Waals surface area contributed by atoms with E-state index in [0.29, 0.717) is 0 Å². The number of ether oxygens (including phenoxy) is 1. The Morgan fingerprint density at radius 3 is 2.02 bits per heavy atom. The van der Waals surface area contributed by atoms with E-state index in [4.69, 9.17) is 4.74 Å². The van der Waals surface area contributed by atoms with Crippen LogP contribution in [0.2, 0.25) is 0 Å². The minimum atomic E-state index is 0.0382. The van der Waals surface area contributed by atoms with Gasteiger partial charge in [-0.1, -0.05) is 112 Å². The standard InChI is InChI=1S/C40H30BNO/c1-40(2,3)29-18-19-32-37(24-29)43-36-16-10-15-35-38(36)41(32)33-23-28(26-13-8-5-9-14-26)22-31-30-21-27(25-11-6-4-7-12-25)17-20-34(30)42(35)39(31)33/h4-24H,1-3H3. The van der Waals surface area contributed by atoms with Crippen LogP contribution in [0.15, 0.2) is 127 Å². The molecule has 0 aliphatic carbocycles. The van der Waals surface area contributed by atoms with Crippen LogP contribution in [0, 0.1) is 0 Å². The molecule has 0 spiro atoms. The topological polar surface area (TPSA) is 14.2 Å². The Morgan fingerprint density at radius 2 is 1.28 bits per heavy atom. The summed E-state index contributed by atoms with van der Waals surface area (Å²) >= 11 is 0. The first-order valence-electron chi connectivity index (χ1n) is 15.1. The lowest BCUT2D eigenvalue weighted by molar-refractivity contribution is 0.483. The number of benzene rings is 6. The molecule has 2 aliphatic rings. The van der Waals surface area contributed by atoms with Gasteiger partial charge in [-0.05, 0) is 86.0 Å². The molecule has 0 amide bonds. The van der Waals surface area contributed by atoms with E-state index in [9.17, 15) is 0 Å². The summed E-state index contributed by atoms with van der Waals surface area (Å²) in [5, 5.41) is 2.57. The monoisotopic (exact) mass is 551 g/mol. The van der Waals surface area contributed by atoms with Gasteiger partial charge in [0.05, 0.1) is 5.52 Å². The molecule has 9 rings (SSSR count). The van der Waals surface area contributed by atoms with Crippen molar-refractivity contribution in [1.29, 1.82) is 0 Å². The maximum atomic E-state index is 6.74. The molecular weight excluding hydrogens is 521 g/mol. The maximum absolute atomic E-state index is 6.74. The van der Waals surface area contributed by atoms with Crippen LogP contribution in [0.4, 0.5) is 0 Å². The fourth-order valence-corrected chi connectivity index (χ4v) is 7.29. The highest BCUT2D eigenvalue weighted by Gasteiger charge is 2.41. The highest BCUT2D eigenvalue weighted by Crippen LogP contribution is 2.40. The summed E-state index contributed by atoms with van der Waals surface area (Å²) in [5.74, 6) is 1.92. The number of nitrogens with zero attached hydrogens (tertiary/aromatic N) is 1. The number of aromatic nitrogens is 1. The molecule has 3 heteroatoms. The lowest BCUT2D eigenvalue weighted by Gasteiger charge is -2.34. The summed E-state index contributed by atoms with van der Waals surface area (Å²) in [4.78, 5) is 0. The Labute approximate surface area is 252 Å². The van der Waals surface area contributed by atoms with Crippen molar-refractivity contribution in [2.24, 2.45) is 0 Å². The fourth-order valence-electron chi connectivity index (χ4n) is 7.29. The Balaban J connectivity index is 1.41. The van der Waals surface area contributed by atoms with Crippen molar-refractivity contribution in [3.8, 4) is 39.4 Å². The van der Waals surface area contributed by atoms with Gasteiger partial charge < -0.3 is 9.30 Å². The van der Waals surface area contributed by atoms with Gasteiger partial charge in [-0.3, -0.25) is 0 Å². The van der Waals surface area contributed by atoms with Gasteiger partial charge in [0, 0.05) is 22.0 Å². The van der Waals surface area contributed by atoms with E-state index in [0.717, 1.165) is 11.5 Å². The molecule has 3 heterocycles. The van der Waals surface area contributed by atoms with E-state index in [1.807, 2.05) is 0 Å². The molecule has 1 aromatic heterocycles. The second-order valence-electron chi connectivity index (χ2n) is 13.0. The van der Waals surface area contributed by atoms with E-state index >= 15 is 0 Å². The Morgan fingerprint density at radius 1 is 0.558 bits per heavy atom. The summed E-state index contributed by atoms with van der Waals surface area (Å²) < 4.78 is 9.22. The summed E-state index contributed by atoms with van der Waals surface area (Å²) in [7, 11) is 0. The van der Waals surface area contributed by atoms with Gasteiger partial charge in [0.15, 0.2) is 0 Å². The van der Waals surface area contributed by atoms with Crippen molar-refractivity contribution in [2.75, 3.05) is 0 Å². The van der Waals surface area contributed by atoms with Crippen LogP contribution in [0.25, 0.3) is 49.7 Å². The van der Waals surface area contributed by atoms with Crippen LogP contribution in [-0.4, -0.2) is 11.3 Å². The van der Waals surface area contributed by atoms with E-state index in [1.165, 1.54) is 71.7 Å². The molecule has 2 aliphatic heterocycles. The summed E-state index contributed by atoms with van der Waals surface area (Å²) in [6.07, 6.45) is 0. The van der Waals surface area contributed by atoms with Crippen LogP contribution in [0.1, 0.15) is 26.3 Å². The molecule has 43 heavy (non-hydrogen) atoms. The minimum absolute atomic E-state index is 0.0382. The number of hydrogen-bond acceptors (Lipinski definition) is 1. The zero-order chi connectivity index (χ0) is 28.9. The van der Waals surface area contributed by atoms with Crippen molar-refractivity contribution in [3.05, 3.63) is 133 Å². The Bertz CT molecular complexity index is 2240. The predicted octanol–water partition coefficient (Wildman–Crippen LogP) is 8.35. The van der Waals surface area contributed by atoms with Crippen molar-refractivity contribution in [3.63, 3.8) is 0 Å². The SMILES string of the molecule is CC(C)(C)c1ccc2c(c1)Oc1cccc3c1B2c1cc(-c2ccccc2)cc2c4cc(-c5ccccc5)ccc4n-3c12. The van der Waals surface area contributed by atoms with E-state index in [2.05, 4.69) is 153 Å². The molecule has 204 valence electrons. The zero-order valence-corrected chi connectivity index (χ0v) is 24.6. The van der Waals surface area contributed by atoms with E-state index in [1.54, 1.807) is 0 Å². The molecule has 0 N–H and O–H groups in total. The third-order valence-corrected chi connectivity index (χ3v) is 9.40. The summed E-state index contributed by atoms with van der Waals surface area (Å²) in [5.41, 5.74) is 13.8. The number of fused-ring (bicyclic) bond motifs is 7. The molecule has 0 fully saturated rings. The van der Waals surface area contributed by atoms with Crippen molar-refractivity contribution in [2.45, 2.75) is 26.2 Å². The quantitative estimate of drug-likeness (QED) is 0.197. The smallest absolute Gasteiger partial charge is 0.256 e. The average molecular weight is 551 g/mol. The fraction of sp³-hybridized carbons (Fsp3) is 0.100. The Kier molecular flexibility index (Phi) is 5.00. The first-order valence-corrected chi connectivity index (χ1v) is 15.1. The van der Waals surface area contributed by atoms with Gasteiger partial charge in [-0.15, -0.1) is 0 Å². The first kappa shape index (κ1) is 24.6. The molecular formula is C40H30BNO. The molecule has 7 aromatic rings. The number of rotatable bonds is 2. The highest BCUT2D eigenvalue weighted by molar-refractivity contribution is 6.99. The van der Waals surface area contributed by atoms with Crippen LogP contribution in [0.3, 0.4) is 0 Å². The molecule has 6 aromatic carbocycles. The van der Waals surface area contributed by atoms with Crippen LogP contribution in [0.5, 0.6) is 11.5 Å². The van der Waals surface area contributed by atoms with Gasteiger partial charge >= 0.3 is 0 Å². The van der Waals surface area contributed by atoms with Crippen LogP contribution >= 0.6 is 0 Å². The molecule has 0 atom stereocenters. The normalized spacial score (nSPS) is 13.1. The third kappa shape index (κ3) is 3.55. The largest absolute Gasteiger partial charge is 0.458 e. The maximum Gasteiger partial charge on any atom is 0.256 e. The van der Waals surface area contributed by atoms with Crippen molar-refractivity contribution < 1.29 is 4.74 Å². The van der Waals surface area contributed by atoms with Gasteiger partial charge in [0.2, 0.25) is 0 Å². The van der Waals surface area contributed by atoms with Crippen molar-refractivity contribution >= 4 is 44.9 Å². The molecule has 0 unspecified atom stereocenters. The second-order valence-corrected chi connectivity index (χ2v) is 13.0. The molecule has 0 saturated carbocycles. The van der Waals surface area contributed by atoms with E-state index in [-0.39, 0.29) is 12.1 Å². The van der Waals surface area contributed by atoms with Crippen molar-refractivity contribution in [1.82, 2.24) is 4.57 Å². The Hall–Kier alpha value is -5.02. The predicted molar refractivity (Wildman–Crippen MR) is 182 cm³/mol. The average Bonchev–Trinajstić information content (AvgIpc) is 3.37. The summed E-state index contributed by atoms with van der Waals surface area (Å²) in [6, 6.07) is 46.7. The summed E-state index contributed by atoms with van der Waals surface area (Å²) in [6.45, 7) is 6.87. The lowest BCUT2D eigenvalue weighted by atomic mass is 9.34. The van der Waals surface area contributed by atoms with Gasteiger partial charge in [-0.25, -0.2) is 0 Å². The molecule has 0 saturated heterocycles. The first-order chi connectivity index (χ1) is 21.0. The van der Waals surface area contributed by atoms with Crippen LogP contribution < -0.4 is 21.1 Å². The molecule has 0 bridgehead atoms. The molecule has 2 nitrogen and oxygen atoms in total. The van der Waals surface area contributed by atoms with Gasteiger partial charge in [-0.2, -0.15) is 0 Å². The zero-order valence-electron chi connectivity index (χ0n) is 24.6. The lowest BCUT2D eigenvalue weighted by Crippen LogP contribution is -2.58. The van der Waals surface area contributed by atoms with Gasteiger partial charge in [0.1, 0.15) is 11.5 Å². The highest BCUT2D eigenvalue weighted by atomic mass is 16.5. The van der Waals surface area contributed by atoms with E-state index < -0.39 is 0 Å². The minimum Gasteiger partial charge on any atom is -0.458 e. The van der Waals surface area contributed by atoms with Gasteiger partial charge in [0.25, 0.3) is 6.71 Å². The molecule has 0 radical (unpaired) electrons. The third-order valence-electron chi connectivity index (χ3n) is 9.40.